The molecule has 0 saturated heterocycles. The number of nitrogens with one attached hydrogen (secondary N) is 2. The molecule has 1 unspecified atom stereocenters. The van der Waals surface area contributed by atoms with Crippen molar-refractivity contribution in [2.24, 2.45) is 0 Å². The summed E-state index contributed by atoms with van der Waals surface area (Å²) in [4.78, 5) is 0. The summed E-state index contributed by atoms with van der Waals surface area (Å²) in [5.74, 6) is 0. The third-order valence-electron chi connectivity index (χ3n) is 8.91. The first-order valence-electron chi connectivity index (χ1n) is 15.8. The standard InChI is InChI=1S/C43H37N3/c1-32-18-15-17-29-46(44-28-16-14-19-33(2)45-36-24-10-5-11-25-36)42-31-41-39(30-38(32)42)37-26-12-13-27-40(37)43(41,34-20-6-3-7-21-34)35-22-8-4-9-23-35/h3-8,10-22,24-31,44-45H,1-2,9,23H2/b18-15-,19-14-,28-16-,29-17-. The van der Waals surface area contributed by atoms with Crippen molar-refractivity contribution in [3.63, 3.8) is 0 Å². The highest BCUT2D eigenvalue weighted by Gasteiger charge is 2.47. The molecule has 2 aliphatic carbocycles. The molecule has 1 aliphatic heterocycles. The van der Waals surface area contributed by atoms with E-state index in [1.807, 2.05) is 66.9 Å². The average Bonchev–Trinajstić information content (AvgIpc) is 3.39. The van der Waals surface area contributed by atoms with Gasteiger partial charge in [-0.25, -0.2) is 0 Å². The highest BCUT2D eigenvalue weighted by molar-refractivity contribution is 5.93. The van der Waals surface area contributed by atoms with Crippen molar-refractivity contribution < 1.29 is 0 Å². The number of nitrogens with zero attached hydrogens (tertiary/aromatic N) is 1. The van der Waals surface area contributed by atoms with Gasteiger partial charge in [0, 0.05) is 29.3 Å². The van der Waals surface area contributed by atoms with E-state index in [1.54, 1.807) is 0 Å². The largest absolute Gasteiger partial charge is 0.356 e. The molecule has 0 amide bonds. The summed E-state index contributed by atoms with van der Waals surface area (Å²) in [5, 5.41) is 5.39. The zero-order valence-corrected chi connectivity index (χ0v) is 25.9. The first-order valence-corrected chi connectivity index (χ1v) is 15.8. The van der Waals surface area contributed by atoms with E-state index in [0.29, 0.717) is 0 Å². The fourth-order valence-corrected chi connectivity index (χ4v) is 6.90. The fraction of sp³-hybridized carbons (Fsp3) is 0.0698. The Kier molecular flexibility index (Phi) is 7.97. The van der Waals surface area contributed by atoms with Gasteiger partial charge in [0.1, 0.15) is 0 Å². The lowest BCUT2D eigenvalue weighted by Gasteiger charge is -2.37. The lowest BCUT2D eigenvalue weighted by molar-refractivity contribution is 0.692. The molecule has 1 atom stereocenters. The van der Waals surface area contributed by atoms with E-state index in [1.165, 1.54) is 33.4 Å². The molecule has 2 N–H and O–H groups in total. The summed E-state index contributed by atoms with van der Waals surface area (Å²) in [5.41, 5.74) is 15.9. The average molecular weight is 596 g/mol. The molecule has 4 aromatic rings. The summed E-state index contributed by atoms with van der Waals surface area (Å²) in [6, 6.07) is 34.7. The Balaban J connectivity index is 1.30. The van der Waals surface area contributed by atoms with Gasteiger partial charge < -0.3 is 10.7 Å². The number of hydrogen-bond donors (Lipinski definition) is 2. The van der Waals surface area contributed by atoms with E-state index in [0.717, 1.165) is 41.1 Å². The van der Waals surface area contributed by atoms with Crippen LogP contribution in [0, 0.1) is 0 Å². The van der Waals surface area contributed by atoms with Crippen LogP contribution in [0.3, 0.4) is 0 Å². The van der Waals surface area contributed by atoms with E-state index in [9.17, 15) is 0 Å². The van der Waals surface area contributed by atoms with E-state index in [4.69, 9.17) is 0 Å². The maximum absolute atomic E-state index is 4.48. The van der Waals surface area contributed by atoms with Gasteiger partial charge in [-0.05, 0) is 88.7 Å². The van der Waals surface area contributed by atoms with E-state index in [2.05, 4.69) is 126 Å². The van der Waals surface area contributed by atoms with Crippen LogP contribution >= 0.6 is 0 Å². The number of hydrazine groups is 1. The number of allylic oxidation sites excluding steroid dienone is 11. The summed E-state index contributed by atoms with van der Waals surface area (Å²) in [6.45, 7) is 8.61. The van der Waals surface area contributed by atoms with Crippen molar-refractivity contribution in [1.82, 2.24) is 5.43 Å². The van der Waals surface area contributed by atoms with Crippen molar-refractivity contribution >= 4 is 16.9 Å². The predicted octanol–water partition coefficient (Wildman–Crippen LogP) is 10.4. The summed E-state index contributed by atoms with van der Waals surface area (Å²) in [7, 11) is 0. The van der Waals surface area contributed by atoms with Crippen molar-refractivity contribution in [1.29, 1.82) is 0 Å². The van der Waals surface area contributed by atoms with Crippen LogP contribution in [0.4, 0.5) is 11.4 Å². The van der Waals surface area contributed by atoms with E-state index >= 15 is 0 Å². The van der Waals surface area contributed by atoms with Gasteiger partial charge in [-0.1, -0.05) is 128 Å². The van der Waals surface area contributed by atoms with Gasteiger partial charge in [-0.2, -0.15) is 0 Å². The van der Waals surface area contributed by atoms with Gasteiger partial charge in [0.2, 0.25) is 0 Å². The molecular weight excluding hydrogens is 558 g/mol. The second-order valence-corrected chi connectivity index (χ2v) is 11.7. The molecule has 3 heteroatoms. The minimum atomic E-state index is -0.396. The Morgan fingerprint density at radius 3 is 2.37 bits per heavy atom. The van der Waals surface area contributed by atoms with Crippen molar-refractivity contribution in [3.8, 4) is 11.1 Å². The second-order valence-electron chi connectivity index (χ2n) is 11.7. The Labute approximate surface area is 272 Å². The molecule has 0 saturated carbocycles. The van der Waals surface area contributed by atoms with Crippen LogP contribution in [0.25, 0.3) is 16.7 Å². The number of fused-ring (bicyclic) bond motifs is 4. The minimum absolute atomic E-state index is 0.396. The van der Waals surface area contributed by atoms with Gasteiger partial charge in [0.05, 0.1) is 11.1 Å². The summed E-state index contributed by atoms with van der Waals surface area (Å²) in [6.07, 6.45) is 24.9. The zero-order valence-electron chi connectivity index (χ0n) is 25.9. The SMILES string of the molecule is C=C(/C=C\C=C/NN1/C=C\C=C/C(=C)c2cc3c(cc21)C(C1=CC=CCC1)(c1ccccc1)c1ccccc1-3)Nc1ccccc1. The topological polar surface area (TPSA) is 27.3 Å². The van der Waals surface area contributed by atoms with Crippen molar-refractivity contribution in [3.05, 3.63) is 211 Å². The highest BCUT2D eigenvalue weighted by Crippen LogP contribution is 2.58. The number of anilines is 2. The molecule has 0 radical (unpaired) electrons. The van der Waals surface area contributed by atoms with Gasteiger partial charge in [0.25, 0.3) is 0 Å². The number of hydrogen-bond acceptors (Lipinski definition) is 3. The summed E-state index contributed by atoms with van der Waals surface area (Å²) < 4.78 is 0. The lowest BCUT2D eigenvalue weighted by atomic mass is 9.65. The van der Waals surface area contributed by atoms with Crippen LogP contribution in [0.5, 0.6) is 0 Å². The molecule has 1 heterocycles. The Morgan fingerprint density at radius 1 is 0.783 bits per heavy atom. The smallest absolute Gasteiger partial charge is 0.0705 e. The first-order chi connectivity index (χ1) is 22.7. The molecule has 4 aromatic carbocycles. The third kappa shape index (κ3) is 5.27. The number of benzene rings is 4. The Morgan fingerprint density at radius 2 is 1.57 bits per heavy atom. The predicted molar refractivity (Wildman–Crippen MR) is 195 cm³/mol. The molecular formula is C43H37N3. The van der Waals surface area contributed by atoms with Crippen molar-refractivity contribution in [2.45, 2.75) is 18.3 Å². The van der Waals surface area contributed by atoms with Crippen LogP contribution in [0.1, 0.15) is 35.1 Å². The lowest BCUT2D eigenvalue weighted by Crippen LogP contribution is -2.32. The second kappa shape index (κ2) is 12.7. The molecule has 3 aliphatic rings. The third-order valence-corrected chi connectivity index (χ3v) is 8.91. The van der Waals surface area contributed by atoms with Gasteiger partial charge in [-0.15, -0.1) is 0 Å². The molecule has 7 rings (SSSR count). The fourth-order valence-electron chi connectivity index (χ4n) is 6.90. The Bertz CT molecular complexity index is 1970. The maximum atomic E-state index is 4.48. The van der Waals surface area contributed by atoms with Crippen LogP contribution in [0.15, 0.2) is 189 Å². The molecule has 0 aromatic heterocycles. The van der Waals surface area contributed by atoms with Gasteiger partial charge >= 0.3 is 0 Å². The highest BCUT2D eigenvalue weighted by atomic mass is 15.5. The summed E-state index contributed by atoms with van der Waals surface area (Å²) >= 11 is 0. The first kappa shape index (κ1) is 28.9. The molecule has 0 fully saturated rings. The molecule has 46 heavy (non-hydrogen) atoms. The molecule has 0 spiro atoms. The van der Waals surface area contributed by atoms with Crippen LogP contribution in [-0.2, 0) is 5.41 Å². The molecule has 224 valence electrons. The molecule has 0 bridgehead atoms. The van der Waals surface area contributed by atoms with Gasteiger partial charge in [0.15, 0.2) is 0 Å². The van der Waals surface area contributed by atoms with Crippen LogP contribution < -0.4 is 15.8 Å². The molecule has 3 nitrogen and oxygen atoms in total. The van der Waals surface area contributed by atoms with Crippen molar-refractivity contribution in [2.75, 3.05) is 10.3 Å². The van der Waals surface area contributed by atoms with Crippen LogP contribution in [0.2, 0.25) is 0 Å². The number of para-hydroxylation sites is 1. The van der Waals surface area contributed by atoms with Crippen LogP contribution in [-0.4, -0.2) is 0 Å². The minimum Gasteiger partial charge on any atom is -0.356 e. The monoisotopic (exact) mass is 595 g/mol. The quantitative estimate of drug-likeness (QED) is 0.199. The Hall–Kier alpha value is -5.80. The van der Waals surface area contributed by atoms with Gasteiger partial charge in [-0.3, -0.25) is 5.01 Å². The van der Waals surface area contributed by atoms with E-state index < -0.39 is 5.41 Å². The zero-order chi connectivity index (χ0) is 31.3. The number of rotatable bonds is 8. The normalized spacial score (nSPS) is 19.5. The van der Waals surface area contributed by atoms with E-state index in [-0.39, 0.29) is 0 Å². The maximum Gasteiger partial charge on any atom is 0.0705 e.